The number of nitrogens with zero attached hydrogens (tertiary/aromatic N) is 2. The van der Waals surface area contributed by atoms with E-state index in [9.17, 15) is 0 Å². The van der Waals surface area contributed by atoms with Crippen molar-refractivity contribution in [2.75, 3.05) is 13.6 Å². The minimum atomic E-state index is 0.683. The summed E-state index contributed by atoms with van der Waals surface area (Å²) in [5, 5.41) is 7.28. The fourth-order valence-corrected chi connectivity index (χ4v) is 1.27. The van der Waals surface area contributed by atoms with E-state index in [1.165, 1.54) is 11.3 Å². The molecule has 0 unspecified atom stereocenters. The molecule has 3 N–H and O–H groups in total. The SMILES string of the molecule is CNCc1c(CCN)cnn1C. The molecule has 0 radical (unpaired) electrons. The van der Waals surface area contributed by atoms with Crippen LogP contribution in [0, 0.1) is 0 Å². The fraction of sp³-hybridized carbons (Fsp3) is 0.625. The smallest absolute Gasteiger partial charge is 0.0551 e. The van der Waals surface area contributed by atoms with Crippen LogP contribution in [-0.2, 0) is 20.0 Å². The number of rotatable bonds is 4. The van der Waals surface area contributed by atoms with Crippen molar-refractivity contribution < 1.29 is 0 Å². The third-order valence-corrected chi connectivity index (χ3v) is 1.91. The van der Waals surface area contributed by atoms with E-state index in [1.807, 2.05) is 25.0 Å². The van der Waals surface area contributed by atoms with Crippen LogP contribution < -0.4 is 11.1 Å². The lowest BCUT2D eigenvalue weighted by molar-refractivity contribution is 0.667. The van der Waals surface area contributed by atoms with E-state index >= 15 is 0 Å². The van der Waals surface area contributed by atoms with Crippen molar-refractivity contribution in [3.63, 3.8) is 0 Å². The zero-order chi connectivity index (χ0) is 8.97. The molecule has 4 heteroatoms. The number of aromatic nitrogens is 2. The van der Waals surface area contributed by atoms with Crippen LogP contribution in [0.3, 0.4) is 0 Å². The minimum Gasteiger partial charge on any atom is -0.330 e. The molecule has 0 bridgehead atoms. The number of nitrogens with two attached hydrogens (primary N) is 1. The molecule has 0 aliphatic heterocycles. The summed E-state index contributed by atoms with van der Waals surface area (Å²) in [6.07, 6.45) is 2.80. The maximum absolute atomic E-state index is 5.48. The molecular weight excluding hydrogens is 152 g/mol. The summed E-state index contributed by atoms with van der Waals surface area (Å²) < 4.78 is 1.89. The van der Waals surface area contributed by atoms with Crippen molar-refractivity contribution in [2.24, 2.45) is 12.8 Å². The van der Waals surface area contributed by atoms with Gasteiger partial charge < -0.3 is 11.1 Å². The van der Waals surface area contributed by atoms with Gasteiger partial charge in [0.15, 0.2) is 0 Å². The molecule has 68 valence electrons. The molecule has 1 heterocycles. The Morgan fingerprint density at radius 1 is 1.67 bits per heavy atom. The molecule has 0 aliphatic rings. The van der Waals surface area contributed by atoms with E-state index in [-0.39, 0.29) is 0 Å². The number of hydrogen-bond donors (Lipinski definition) is 2. The largest absolute Gasteiger partial charge is 0.330 e. The third-order valence-electron chi connectivity index (χ3n) is 1.91. The Morgan fingerprint density at radius 3 is 3.00 bits per heavy atom. The Kier molecular flexibility index (Phi) is 3.25. The first-order valence-corrected chi connectivity index (χ1v) is 4.14. The van der Waals surface area contributed by atoms with E-state index in [0.717, 1.165) is 13.0 Å². The van der Waals surface area contributed by atoms with Gasteiger partial charge in [0.1, 0.15) is 0 Å². The highest BCUT2D eigenvalue weighted by atomic mass is 15.3. The van der Waals surface area contributed by atoms with Gasteiger partial charge in [-0.3, -0.25) is 4.68 Å². The van der Waals surface area contributed by atoms with Crippen molar-refractivity contribution in [2.45, 2.75) is 13.0 Å². The second-order valence-corrected chi connectivity index (χ2v) is 2.81. The van der Waals surface area contributed by atoms with Crippen molar-refractivity contribution in [3.8, 4) is 0 Å². The number of aryl methyl sites for hydroxylation is 1. The summed E-state index contributed by atoms with van der Waals surface area (Å²) in [6.45, 7) is 1.54. The monoisotopic (exact) mass is 168 g/mol. The predicted molar refractivity (Wildman–Crippen MR) is 48.7 cm³/mol. The number of nitrogens with one attached hydrogen (secondary N) is 1. The molecule has 0 amide bonds. The van der Waals surface area contributed by atoms with Gasteiger partial charge in [0, 0.05) is 13.6 Å². The zero-order valence-corrected chi connectivity index (χ0v) is 7.67. The van der Waals surface area contributed by atoms with E-state index < -0.39 is 0 Å². The molecule has 1 aromatic rings. The molecule has 0 spiro atoms. The minimum absolute atomic E-state index is 0.683. The molecule has 0 fully saturated rings. The summed E-state index contributed by atoms with van der Waals surface area (Å²) in [4.78, 5) is 0. The second-order valence-electron chi connectivity index (χ2n) is 2.81. The van der Waals surface area contributed by atoms with Crippen molar-refractivity contribution in [1.82, 2.24) is 15.1 Å². The van der Waals surface area contributed by atoms with Crippen LogP contribution in [0.25, 0.3) is 0 Å². The molecule has 1 rings (SSSR count). The normalized spacial score (nSPS) is 10.6. The molecule has 0 aliphatic carbocycles. The summed E-state index contributed by atoms with van der Waals surface area (Å²) in [7, 11) is 3.88. The molecule has 12 heavy (non-hydrogen) atoms. The first-order chi connectivity index (χ1) is 5.79. The van der Waals surface area contributed by atoms with Gasteiger partial charge in [-0.2, -0.15) is 5.10 Å². The Morgan fingerprint density at radius 2 is 2.42 bits per heavy atom. The summed E-state index contributed by atoms with van der Waals surface area (Å²) >= 11 is 0. The van der Waals surface area contributed by atoms with Gasteiger partial charge in [-0.25, -0.2) is 0 Å². The summed E-state index contributed by atoms with van der Waals surface area (Å²) in [6, 6.07) is 0. The number of hydrogen-bond acceptors (Lipinski definition) is 3. The van der Waals surface area contributed by atoms with E-state index in [1.54, 1.807) is 0 Å². The van der Waals surface area contributed by atoms with Crippen LogP contribution in [0.1, 0.15) is 11.3 Å². The first kappa shape index (κ1) is 9.22. The van der Waals surface area contributed by atoms with Crippen LogP contribution in [0.15, 0.2) is 6.20 Å². The van der Waals surface area contributed by atoms with Crippen molar-refractivity contribution in [1.29, 1.82) is 0 Å². The van der Waals surface area contributed by atoms with Crippen LogP contribution in [-0.4, -0.2) is 23.4 Å². The lowest BCUT2D eigenvalue weighted by Crippen LogP contribution is -2.13. The molecule has 0 atom stereocenters. The molecule has 0 saturated heterocycles. The van der Waals surface area contributed by atoms with Crippen molar-refractivity contribution in [3.05, 3.63) is 17.5 Å². The average Bonchev–Trinajstić information content (AvgIpc) is 2.37. The topological polar surface area (TPSA) is 55.9 Å². The van der Waals surface area contributed by atoms with Gasteiger partial charge in [-0.05, 0) is 25.6 Å². The maximum atomic E-state index is 5.48. The fourth-order valence-electron chi connectivity index (χ4n) is 1.27. The first-order valence-electron chi connectivity index (χ1n) is 4.14. The highest BCUT2D eigenvalue weighted by molar-refractivity contribution is 5.17. The average molecular weight is 168 g/mol. The van der Waals surface area contributed by atoms with Gasteiger partial charge >= 0.3 is 0 Å². The van der Waals surface area contributed by atoms with Crippen molar-refractivity contribution >= 4 is 0 Å². The Labute approximate surface area is 72.8 Å². The highest BCUT2D eigenvalue weighted by Gasteiger charge is 2.05. The lowest BCUT2D eigenvalue weighted by Gasteiger charge is -2.03. The van der Waals surface area contributed by atoms with E-state index in [4.69, 9.17) is 5.73 Å². The highest BCUT2D eigenvalue weighted by Crippen LogP contribution is 2.06. The molecule has 0 aromatic carbocycles. The van der Waals surface area contributed by atoms with Gasteiger partial charge in [-0.15, -0.1) is 0 Å². The maximum Gasteiger partial charge on any atom is 0.0551 e. The van der Waals surface area contributed by atoms with E-state index in [2.05, 4.69) is 10.4 Å². The van der Waals surface area contributed by atoms with Crippen LogP contribution in [0.5, 0.6) is 0 Å². The quantitative estimate of drug-likeness (QED) is 0.645. The lowest BCUT2D eigenvalue weighted by atomic mass is 10.2. The molecule has 1 aromatic heterocycles. The Hall–Kier alpha value is -0.870. The predicted octanol–water partition coefficient (Wildman–Crippen LogP) is -0.359. The van der Waals surface area contributed by atoms with Crippen LogP contribution in [0.2, 0.25) is 0 Å². The van der Waals surface area contributed by atoms with E-state index in [0.29, 0.717) is 6.54 Å². The molecule has 0 saturated carbocycles. The van der Waals surface area contributed by atoms with Gasteiger partial charge in [0.2, 0.25) is 0 Å². The summed E-state index contributed by atoms with van der Waals surface area (Å²) in [5.74, 6) is 0. The molecule has 4 nitrogen and oxygen atoms in total. The standard InChI is InChI=1S/C8H16N4/c1-10-6-8-7(3-4-9)5-11-12(8)2/h5,10H,3-4,6,9H2,1-2H3. The van der Waals surface area contributed by atoms with Gasteiger partial charge in [-0.1, -0.05) is 0 Å². The van der Waals surface area contributed by atoms with Crippen LogP contribution >= 0.6 is 0 Å². The molecular formula is C8H16N4. The third kappa shape index (κ3) is 1.84. The van der Waals surface area contributed by atoms with Crippen LogP contribution in [0.4, 0.5) is 0 Å². The van der Waals surface area contributed by atoms with Gasteiger partial charge in [0.05, 0.1) is 11.9 Å². The Balaban J connectivity index is 2.80. The Bertz CT molecular complexity index is 241. The summed E-state index contributed by atoms with van der Waals surface area (Å²) in [5.41, 5.74) is 7.95. The van der Waals surface area contributed by atoms with Gasteiger partial charge in [0.25, 0.3) is 0 Å². The second kappa shape index (κ2) is 4.23. The zero-order valence-electron chi connectivity index (χ0n) is 7.67.